The van der Waals surface area contributed by atoms with Crippen LogP contribution in [0.4, 0.5) is 0 Å². The van der Waals surface area contributed by atoms with Crippen LogP contribution in [0, 0.1) is 0 Å². The highest BCUT2D eigenvalue weighted by molar-refractivity contribution is 4.63. The van der Waals surface area contributed by atoms with Gasteiger partial charge in [-0.2, -0.15) is 0 Å². The molecule has 0 fully saturated rings. The first-order valence-electron chi connectivity index (χ1n) is 6.59. The topological polar surface area (TPSA) is 30.5 Å². The molecule has 0 aliphatic heterocycles. The van der Waals surface area contributed by atoms with Crippen LogP contribution in [-0.4, -0.2) is 40.0 Å². The van der Waals surface area contributed by atoms with E-state index >= 15 is 0 Å². The van der Waals surface area contributed by atoms with Crippen LogP contribution in [0.3, 0.4) is 0 Å². The standard InChI is InChI=1S/C13H29NO2/c1-4-8-13(14-2)9-6-5-7-10-16-12-11-15-3/h13-14H,4-12H2,1-3H3. The number of hydrogen-bond acceptors (Lipinski definition) is 3. The molecule has 1 unspecified atom stereocenters. The average Bonchev–Trinajstić information content (AvgIpc) is 2.31. The van der Waals surface area contributed by atoms with Crippen LogP contribution >= 0.6 is 0 Å². The van der Waals surface area contributed by atoms with Gasteiger partial charge < -0.3 is 14.8 Å². The predicted octanol–water partition coefficient (Wildman–Crippen LogP) is 2.60. The molecule has 0 aliphatic rings. The van der Waals surface area contributed by atoms with Crippen LogP contribution in [0.5, 0.6) is 0 Å². The Morgan fingerprint density at radius 2 is 1.81 bits per heavy atom. The maximum Gasteiger partial charge on any atom is 0.0700 e. The van der Waals surface area contributed by atoms with Crippen molar-refractivity contribution in [3.8, 4) is 0 Å². The minimum Gasteiger partial charge on any atom is -0.382 e. The van der Waals surface area contributed by atoms with Gasteiger partial charge in [0.25, 0.3) is 0 Å². The largest absolute Gasteiger partial charge is 0.382 e. The molecule has 3 nitrogen and oxygen atoms in total. The van der Waals surface area contributed by atoms with Crippen molar-refractivity contribution in [2.24, 2.45) is 0 Å². The smallest absolute Gasteiger partial charge is 0.0700 e. The Labute approximate surface area is 101 Å². The fraction of sp³-hybridized carbons (Fsp3) is 1.00. The summed E-state index contributed by atoms with van der Waals surface area (Å²) in [4.78, 5) is 0. The summed E-state index contributed by atoms with van der Waals surface area (Å²) in [5.41, 5.74) is 0. The van der Waals surface area contributed by atoms with Gasteiger partial charge in [0.1, 0.15) is 0 Å². The zero-order valence-electron chi connectivity index (χ0n) is 11.3. The number of methoxy groups -OCH3 is 1. The van der Waals surface area contributed by atoms with Gasteiger partial charge in [-0.3, -0.25) is 0 Å². The lowest BCUT2D eigenvalue weighted by Gasteiger charge is -2.14. The van der Waals surface area contributed by atoms with Crippen LogP contribution in [0.1, 0.15) is 45.4 Å². The molecule has 0 aromatic heterocycles. The number of rotatable bonds is 12. The molecule has 0 aromatic rings. The highest BCUT2D eigenvalue weighted by atomic mass is 16.5. The van der Waals surface area contributed by atoms with Crippen molar-refractivity contribution in [1.82, 2.24) is 5.32 Å². The van der Waals surface area contributed by atoms with E-state index < -0.39 is 0 Å². The Morgan fingerprint density at radius 1 is 1.00 bits per heavy atom. The minimum absolute atomic E-state index is 0.707. The lowest BCUT2D eigenvalue weighted by molar-refractivity contribution is 0.0685. The van der Waals surface area contributed by atoms with Gasteiger partial charge in [0.15, 0.2) is 0 Å². The summed E-state index contributed by atoms with van der Waals surface area (Å²) in [6, 6.07) is 0.708. The summed E-state index contributed by atoms with van der Waals surface area (Å²) in [6.45, 7) is 4.55. The van der Waals surface area contributed by atoms with E-state index in [1.54, 1.807) is 7.11 Å². The van der Waals surface area contributed by atoms with E-state index in [9.17, 15) is 0 Å². The second-order valence-corrected chi connectivity index (χ2v) is 4.23. The first kappa shape index (κ1) is 15.9. The summed E-state index contributed by atoms with van der Waals surface area (Å²) < 4.78 is 10.3. The van der Waals surface area contributed by atoms with Crippen molar-refractivity contribution in [2.45, 2.75) is 51.5 Å². The van der Waals surface area contributed by atoms with Crippen LogP contribution < -0.4 is 5.32 Å². The lowest BCUT2D eigenvalue weighted by Crippen LogP contribution is -2.24. The molecule has 16 heavy (non-hydrogen) atoms. The molecule has 0 rings (SSSR count). The molecule has 0 aromatic carbocycles. The number of unbranched alkanes of at least 4 members (excludes halogenated alkanes) is 2. The van der Waals surface area contributed by atoms with Crippen molar-refractivity contribution in [3.05, 3.63) is 0 Å². The molecule has 0 aliphatic carbocycles. The maximum atomic E-state index is 5.41. The van der Waals surface area contributed by atoms with E-state index in [0.717, 1.165) is 13.2 Å². The van der Waals surface area contributed by atoms with E-state index in [1.807, 2.05) is 0 Å². The van der Waals surface area contributed by atoms with Crippen LogP contribution in [0.25, 0.3) is 0 Å². The molecule has 0 spiro atoms. The minimum atomic E-state index is 0.707. The number of hydrogen-bond donors (Lipinski definition) is 1. The Kier molecular flexibility index (Phi) is 12.9. The molecule has 0 heterocycles. The first-order chi connectivity index (χ1) is 7.85. The van der Waals surface area contributed by atoms with Crippen molar-refractivity contribution in [3.63, 3.8) is 0 Å². The third kappa shape index (κ3) is 10.4. The van der Waals surface area contributed by atoms with Gasteiger partial charge in [-0.05, 0) is 26.3 Å². The van der Waals surface area contributed by atoms with Gasteiger partial charge in [-0.15, -0.1) is 0 Å². The van der Waals surface area contributed by atoms with Crippen LogP contribution in [0.15, 0.2) is 0 Å². The Bertz CT molecular complexity index is 131. The highest BCUT2D eigenvalue weighted by Crippen LogP contribution is 2.08. The summed E-state index contributed by atoms with van der Waals surface area (Å²) in [7, 11) is 3.77. The lowest BCUT2D eigenvalue weighted by atomic mass is 10.0. The summed E-state index contributed by atoms with van der Waals surface area (Å²) >= 11 is 0. The van der Waals surface area contributed by atoms with Crippen molar-refractivity contribution in [2.75, 3.05) is 34.0 Å². The van der Waals surface area contributed by atoms with Crippen molar-refractivity contribution >= 4 is 0 Å². The van der Waals surface area contributed by atoms with Crippen LogP contribution in [0.2, 0.25) is 0 Å². The quantitative estimate of drug-likeness (QED) is 0.524. The fourth-order valence-corrected chi connectivity index (χ4v) is 1.80. The zero-order chi connectivity index (χ0) is 12.1. The molecule has 0 radical (unpaired) electrons. The number of ether oxygens (including phenoxy) is 2. The maximum absolute atomic E-state index is 5.41. The van der Waals surface area contributed by atoms with E-state index in [4.69, 9.17) is 9.47 Å². The molecule has 0 saturated carbocycles. The van der Waals surface area contributed by atoms with Crippen molar-refractivity contribution in [1.29, 1.82) is 0 Å². The normalized spacial score (nSPS) is 12.9. The fourth-order valence-electron chi connectivity index (χ4n) is 1.80. The molecule has 0 amide bonds. The van der Waals surface area contributed by atoms with Crippen molar-refractivity contribution < 1.29 is 9.47 Å². The summed E-state index contributed by atoms with van der Waals surface area (Å²) in [5.74, 6) is 0. The molecule has 3 heteroatoms. The monoisotopic (exact) mass is 231 g/mol. The molecule has 0 bridgehead atoms. The Balaban J connectivity index is 3.12. The Morgan fingerprint density at radius 3 is 2.44 bits per heavy atom. The van der Waals surface area contributed by atoms with Gasteiger partial charge in [0.05, 0.1) is 13.2 Å². The second-order valence-electron chi connectivity index (χ2n) is 4.23. The van der Waals surface area contributed by atoms with Crippen LogP contribution in [-0.2, 0) is 9.47 Å². The van der Waals surface area contributed by atoms with Gasteiger partial charge in [0.2, 0.25) is 0 Å². The second kappa shape index (κ2) is 12.9. The SMILES string of the molecule is CCCC(CCCCCOCCOC)NC. The summed E-state index contributed by atoms with van der Waals surface area (Å²) in [5, 5.41) is 3.37. The summed E-state index contributed by atoms with van der Waals surface area (Å²) in [6.07, 6.45) is 7.61. The third-order valence-electron chi connectivity index (χ3n) is 2.82. The molecular weight excluding hydrogens is 202 g/mol. The molecule has 0 saturated heterocycles. The van der Waals surface area contributed by atoms with Gasteiger partial charge in [0, 0.05) is 19.8 Å². The van der Waals surface area contributed by atoms with Gasteiger partial charge in [-0.25, -0.2) is 0 Å². The van der Waals surface area contributed by atoms with E-state index in [0.29, 0.717) is 12.6 Å². The van der Waals surface area contributed by atoms with Gasteiger partial charge in [-0.1, -0.05) is 26.2 Å². The predicted molar refractivity (Wildman–Crippen MR) is 68.9 cm³/mol. The van der Waals surface area contributed by atoms with E-state index in [2.05, 4.69) is 19.3 Å². The van der Waals surface area contributed by atoms with E-state index in [-0.39, 0.29) is 0 Å². The molecule has 1 N–H and O–H groups in total. The molecule has 1 atom stereocenters. The highest BCUT2D eigenvalue weighted by Gasteiger charge is 2.03. The molecular formula is C13H29NO2. The van der Waals surface area contributed by atoms with E-state index in [1.165, 1.54) is 38.5 Å². The molecule has 98 valence electrons. The third-order valence-corrected chi connectivity index (χ3v) is 2.82. The first-order valence-corrected chi connectivity index (χ1v) is 6.59. The number of nitrogens with one attached hydrogen (secondary N) is 1. The Hall–Kier alpha value is -0.120. The average molecular weight is 231 g/mol. The van der Waals surface area contributed by atoms with Gasteiger partial charge >= 0.3 is 0 Å². The zero-order valence-corrected chi connectivity index (χ0v) is 11.3.